The lowest BCUT2D eigenvalue weighted by molar-refractivity contribution is 0.0443. The maximum Gasteiger partial charge on any atom is 0.407 e. The molecule has 1 unspecified atom stereocenters. The Labute approximate surface area is 158 Å². The molecule has 2 aliphatic rings. The fourth-order valence-electron chi connectivity index (χ4n) is 4.16. The molecule has 2 fully saturated rings. The first-order valence-electron chi connectivity index (χ1n) is 9.45. The minimum Gasteiger partial charge on any atom is -0.441 e. The van der Waals surface area contributed by atoms with Gasteiger partial charge in [-0.15, -0.1) is 0 Å². The number of aromatic nitrogens is 2. The number of aryl methyl sites for hydroxylation is 2. The normalized spacial score (nSPS) is 23.3. The largest absolute Gasteiger partial charge is 0.441 e. The molecule has 2 saturated heterocycles. The second-order valence-corrected chi connectivity index (χ2v) is 7.67. The van der Waals surface area contributed by atoms with Gasteiger partial charge in [-0.1, -0.05) is 0 Å². The molecular weight excluding hydrogens is 347 g/mol. The number of carbonyl (C=O) groups is 1. The highest BCUT2D eigenvalue weighted by Crippen LogP contribution is 2.30. The number of ether oxygens (including phenoxy) is 1. The number of hydrogen-bond acceptors (Lipinski definition) is 4. The molecule has 2 aromatic rings. The number of halogens is 1. The van der Waals surface area contributed by atoms with Crippen molar-refractivity contribution in [3.63, 3.8) is 0 Å². The topological polar surface area (TPSA) is 59.4 Å². The second kappa shape index (κ2) is 6.96. The van der Waals surface area contributed by atoms with E-state index in [9.17, 15) is 9.18 Å². The number of alkyl carbamates (subject to hydrolysis) is 1. The molecule has 1 N–H and O–H groups in total. The molecule has 2 aliphatic heterocycles. The van der Waals surface area contributed by atoms with Crippen LogP contribution in [0.5, 0.6) is 0 Å². The van der Waals surface area contributed by atoms with Gasteiger partial charge in [-0.25, -0.2) is 13.9 Å². The molecule has 4 rings (SSSR count). The van der Waals surface area contributed by atoms with Crippen molar-refractivity contribution >= 4 is 6.09 Å². The Morgan fingerprint density at radius 2 is 2.11 bits per heavy atom. The molecule has 0 bridgehead atoms. The zero-order valence-corrected chi connectivity index (χ0v) is 15.8. The van der Waals surface area contributed by atoms with E-state index in [2.05, 4.69) is 15.3 Å². The molecule has 7 heteroatoms. The van der Waals surface area contributed by atoms with Crippen molar-refractivity contribution in [3.05, 3.63) is 47.0 Å². The third-order valence-corrected chi connectivity index (χ3v) is 5.53. The van der Waals surface area contributed by atoms with Crippen LogP contribution in [0, 0.1) is 19.7 Å². The summed E-state index contributed by atoms with van der Waals surface area (Å²) in [5, 5.41) is 7.34. The van der Waals surface area contributed by atoms with Crippen molar-refractivity contribution < 1.29 is 13.9 Å². The molecule has 0 aliphatic carbocycles. The third-order valence-electron chi connectivity index (χ3n) is 5.53. The summed E-state index contributed by atoms with van der Waals surface area (Å²) in [5.41, 5.74) is 3.41. The molecule has 1 amide bonds. The Morgan fingerprint density at radius 1 is 1.26 bits per heavy atom. The predicted octanol–water partition coefficient (Wildman–Crippen LogP) is 3.09. The summed E-state index contributed by atoms with van der Waals surface area (Å²) in [6.45, 7) is 6.89. The van der Waals surface area contributed by atoms with Gasteiger partial charge in [-0.05, 0) is 63.1 Å². The number of carbonyl (C=O) groups excluding carboxylic acids is 1. The summed E-state index contributed by atoms with van der Waals surface area (Å²) < 4.78 is 21.4. The van der Waals surface area contributed by atoms with Crippen molar-refractivity contribution in [1.82, 2.24) is 20.0 Å². The van der Waals surface area contributed by atoms with Gasteiger partial charge in [0.1, 0.15) is 11.4 Å². The van der Waals surface area contributed by atoms with Crippen molar-refractivity contribution in [2.24, 2.45) is 0 Å². The van der Waals surface area contributed by atoms with E-state index in [-0.39, 0.29) is 17.5 Å². The maximum atomic E-state index is 14.0. The van der Waals surface area contributed by atoms with Crippen LogP contribution in [-0.4, -0.2) is 46.0 Å². The van der Waals surface area contributed by atoms with Crippen LogP contribution in [-0.2, 0) is 11.3 Å². The molecule has 3 heterocycles. The van der Waals surface area contributed by atoms with Gasteiger partial charge in [0.15, 0.2) is 0 Å². The van der Waals surface area contributed by atoms with Gasteiger partial charge in [0, 0.05) is 25.2 Å². The highest BCUT2D eigenvalue weighted by Gasteiger charge is 2.41. The Hall–Kier alpha value is -2.41. The van der Waals surface area contributed by atoms with Crippen LogP contribution >= 0.6 is 0 Å². The first-order chi connectivity index (χ1) is 12.9. The van der Waals surface area contributed by atoms with Crippen LogP contribution in [0.1, 0.15) is 36.2 Å². The number of nitrogens with zero attached hydrogens (tertiary/aromatic N) is 3. The van der Waals surface area contributed by atoms with Gasteiger partial charge in [0.05, 0.1) is 17.9 Å². The number of amides is 1. The third kappa shape index (κ3) is 3.69. The smallest absolute Gasteiger partial charge is 0.407 e. The summed E-state index contributed by atoms with van der Waals surface area (Å²) in [6, 6.07) is 6.90. The zero-order valence-electron chi connectivity index (χ0n) is 15.8. The molecule has 6 nitrogen and oxygen atoms in total. The number of hydrogen-bond donors (Lipinski definition) is 1. The Balaban J connectivity index is 1.55. The van der Waals surface area contributed by atoms with Crippen LogP contribution < -0.4 is 5.32 Å². The number of likely N-dealkylation sites (tertiary alicyclic amines) is 1. The number of nitrogens with one attached hydrogen (secondary N) is 1. The minimum absolute atomic E-state index is 0.240. The second-order valence-electron chi connectivity index (χ2n) is 7.67. The molecule has 27 heavy (non-hydrogen) atoms. The van der Waals surface area contributed by atoms with Crippen LogP contribution in [0.3, 0.4) is 0 Å². The van der Waals surface area contributed by atoms with Crippen molar-refractivity contribution in [3.8, 4) is 5.69 Å². The van der Waals surface area contributed by atoms with E-state index < -0.39 is 0 Å². The van der Waals surface area contributed by atoms with E-state index in [0.29, 0.717) is 13.1 Å². The highest BCUT2D eigenvalue weighted by molar-refractivity contribution is 5.70. The molecule has 0 saturated carbocycles. The van der Waals surface area contributed by atoms with Gasteiger partial charge >= 0.3 is 6.09 Å². The average molecular weight is 372 g/mol. The van der Waals surface area contributed by atoms with Crippen molar-refractivity contribution in [2.75, 3.05) is 19.6 Å². The summed E-state index contributed by atoms with van der Waals surface area (Å²) >= 11 is 0. The highest BCUT2D eigenvalue weighted by atomic mass is 19.1. The predicted molar refractivity (Wildman–Crippen MR) is 99.3 cm³/mol. The fourth-order valence-corrected chi connectivity index (χ4v) is 4.16. The van der Waals surface area contributed by atoms with Crippen LogP contribution in [0.2, 0.25) is 0 Å². The van der Waals surface area contributed by atoms with Gasteiger partial charge in [-0.3, -0.25) is 4.90 Å². The minimum atomic E-state index is -0.383. The van der Waals surface area contributed by atoms with Crippen LogP contribution in [0.25, 0.3) is 5.69 Å². The average Bonchev–Trinajstić information content (AvgIpc) is 3.07. The quantitative estimate of drug-likeness (QED) is 0.900. The fraction of sp³-hybridized carbons (Fsp3) is 0.500. The van der Waals surface area contributed by atoms with E-state index in [1.807, 2.05) is 24.6 Å². The van der Waals surface area contributed by atoms with E-state index in [1.165, 1.54) is 6.07 Å². The van der Waals surface area contributed by atoms with Gasteiger partial charge in [-0.2, -0.15) is 5.10 Å². The summed E-state index contributed by atoms with van der Waals surface area (Å²) in [7, 11) is 0. The molecule has 1 spiro atoms. The van der Waals surface area contributed by atoms with E-state index >= 15 is 0 Å². The molecular formula is C20H25FN4O2. The van der Waals surface area contributed by atoms with Crippen LogP contribution in [0.4, 0.5) is 9.18 Å². The lowest BCUT2D eigenvalue weighted by atomic mass is 9.95. The summed E-state index contributed by atoms with van der Waals surface area (Å²) in [5.74, 6) is -0.240. The van der Waals surface area contributed by atoms with Gasteiger partial charge in [0.25, 0.3) is 0 Å². The lowest BCUT2D eigenvalue weighted by Gasteiger charge is -2.25. The van der Waals surface area contributed by atoms with Crippen molar-refractivity contribution in [1.29, 1.82) is 0 Å². The van der Waals surface area contributed by atoms with Gasteiger partial charge in [0.2, 0.25) is 0 Å². The number of benzene rings is 1. The van der Waals surface area contributed by atoms with E-state index in [4.69, 9.17) is 4.74 Å². The molecule has 144 valence electrons. The summed E-state index contributed by atoms with van der Waals surface area (Å²) in [6.07, 6.45) is 2.27. The van der Waals surface area contributed by atoms with E-state index in [1.54, 1.807) is 12.1 Å². The van der Waals surface area contributed by atoms with Crippen LogP contribution in [0.15, 0.2) is 24.3 Å². The lowest BCUT2D eigenvalue weighted by Crippen LogP contribution is -2.34. The number of rotatable bonds is 3. The molecule has 0 radical (unpaired) electrons. The summed E-state index contributed by atoms with van der Waals surface area (Å²) in [4.78, 5) is 13.8. The standard InChI is InChI=1S/C20H25FN4O2/c1-14-10-15(2)25(23-14)18-5-4-17(21)11-16(18)12-24-8-3-6-20(7-9-24)13-22-19(26)27-20/h4-5,10-11H,3,6-9,12-13H2,1-2H3,(H,22,26). The SMILES string of the molecule is Cc1cc(C)n(-c2ccc(F)cc2CN2CCCC3(CC2)CNC(=O)O3)n1. The maximum absolute atomic E-state index is 14.0. The van der Waals surface area contributed by atoms with Gasteiger partial charge < -0.3 is 10.1 Å². The monoisotopic (exact) mass is 372 g/mol. The Kier molecular flexibility index (Phi) is 4.63. The Bertz CT molecular complexity index is 866. The molecule has 1 aromatic heterocycles. The van der Waals surface area contributed by atoms with Crippen molar-refractivity contribution in [2.45, 2.75) is 45.3 Å². The zero-order chi connectivity index (χ0) is 19.0. The first kappa shape index (κ1) is 18.0. The Morgan fingerprint density at radius 3 is 2.81 bits per heavy atom. The molecule has 1 aromatic carbocycles. The molecule has 1 atom stereocenters. The first-order valence-corrected chi connectivity index (χ1v) is 9.45. The van der Waals surface area contributed by atoms with E-state index in [0.717, 1.165) is 55.0 Å².